The number of hydrogen-bond acceptors (Lipinski definition) is 10. The average molecular weight is 680 g/mol. The summed E-state index contributed by atoms with van der Waals surface area (Å²) in [6.07, 6.45) is 2.35. The highest BCUT2D eigenvalue weighted by atomic mass is 127. The molecule has 0 spiro atoms. The number of likely N-dealkylation sites (N-methyl/N-ethyl adjacent to an activating group) is 1. The molecule has 4 aliphatic carbocycles. The van der Waals surface area contributed by atoms with Crippen LogP contribution < -0.4 is 5.73 Å². The first-order valence-corrected chi connectivity index (χ1v) is 14.9. The number of phenolic OH excluding ortho intramolecular Hbond substituents is 1. The van der Waals surface area contributed by atoms with Gasteiger partial charge in [-0.1, -0.05) is 26.2 Å². The van der Waals surface area contributed by atoms with Gasteiger partial charge in [-0.2, -0.15) is 0 Å². The van der Waals surface area contributed by atoms with E-state index in [0.717, 1.165) is 19.3 Å². The fourth-order valence-electron chi connectivity index (χ4n) is 7.70. The number of ether oxygens (including phenoxy) is 1. The van der Waals surface area contributed by atoms with Gasteiger partial charge in [0.25, 0.3) is 0 Å². The average Bonchev–Trinajstić information content (AvgIpc) is 2.91. The molecule has 0 aliphatic heterocycles. The smallest absolute Gasteiger partial charge is 0.309 e. The van der Waals surface area contributed by atoms with Crippen LogP contribution in [0, 0.1) is 33.2 Å². The lowest BCUT2D eigenvalue weighted by atomic mass is 9.49. The Morgan fingerprint density at radius 1 is 1.07 bits per heavy atom. The quantitative estimate of drug-likeness (QED) is 0.237. The Morgan fingerprint density at radius 2 is 1.71 bits per heavy atom. The van der Waals surface area contributed by atoms with E-state index < -0.39 is 88.3 Å². The third kappa shape index (κ3) is 4.27. The topological polar surface area (TPSA) is 181 Å². The molecule has 0 aromatic heterocycles. The monoisotopic (exact) mass is 680 g/mol. The molecule has 1 aromatic carbocycles. The van der Waals surface area contributed by atoms with Crippen molar-refractivity contribution in [3.63, 3.8) is 0 Å². The van der Waals surface area contributed by atoms with Gasteiger partial charge in [0.15, 0.2) is 34.7 Å². The summed E-state index contributed by atoms with van der Waals surface area (Å²) in [5, 5.41) is 22.8. The number of rotatable bonds is 4. The summed E-state index contributed by atoms with van der Waals surface area (Å²) in [5.41, 5.74) is 2.75. The van der Waals surface area contributed by atoms with Crippen molar-refractivity contribution in [2.45, 2.75) is 62.7 Å². The predicted molar refractivity (Wildman–Crippen MR) is 151 cm³/mol. The maximum atomic E-state index is 14.3. The van der Waals surface area contributed by atoms with E-state index in [1.807, 2.05) is 22.6 Å². The number of carbonyl (C=O) groups is 6. The summed E-state index contributed by atoms with van der Waals surface area (Å²) in [7, 11) is 2.97. The molecule has 41 heavy (non-hydrogen) atoms. The normalized spacial score (nSPS) is 35.5. The van der Waals surface area contributed by atoms with E-state index in [1.54, 1.807) is 13.0 Å². The lowest BCUT2D eigenvalue weighted by Gasteiger charge is -2.56. The Morgan fingerprint density at radius 3 is 2.29 bits per heavy atom. The zero-order valence-electron chi connectivity index (χ0n) is 23.0. The maximum absolute atomic E-state index is 14.3. The molecule has 5 rings (SSSR count). The number of benzene rings is 1. The van der Waals surface area contributed by atoms with Gasteiger partial charge in [-0.05, 0) is 73.1 Å². The Bertz CT molecular complexity index is 1370. The van der Waals surface area contributed by atoms with E-state index in [-0.39, 0.29) is 11.3 Å². The van der Waals surface area contributed by atoms with Crippen LogP contribution in [0.15, 0.2) is 12.1 Å². The number of esters is 1. The van der Waals surface area contributed by atoms with E-state index in [1.165, 1.54) is 25.1 Å². The SMILES string of the molecule is CC1c2c(I)ccc(O)c2C(=O)C2C(=O)[C@]3(O)C(=O)C(C(N)=O)C(=O)[C@@H](N(C)C)C3C(OC(=O)C3CCCCC3)C21. The molecule has 220 valence electrons. The minimum absolute atomic E-state index is 0.103. The fraction of sp³-hybridized carbons (Fsp3) is 0.586. The summed E-state index contributed by atoms with van der Waals surface area (Å²) < 4.78 is 6.78. The van der Waals surface area contributed by atoms with Crippen molar-refractivity contribution < 1.29 is 43.7 Å². The van der Waals surface area contributed by atoms with Crippen LogP contribution in [0.5, 0.6) is 5.75 Å². The lowest BCUT2D eigenvalue weighted by Crippen LogP contribution is -2.78. The van der Waals surface area contributed by atoms with Crippen LogP contribution in [-0.2, 0) is 28.7 Å². The Kier molecular flexibility index (Phi) is 7.65. The van der Waals surface area contributed by atoms with Gasteiger partial charge in [-0.25, -0.2) is 0 Å². The summed E-state index contributed by atoms with van der Waals surface area (Å²) in [4.78, 5) is 83.0. The Balaban J connectivity index is 1.75. The number of primary amides is 1. The number of nitrogens with zero attached hydrogens (tertiary/aromatic N) is 1. The van der Waals surface area contributed by atoms with Gasteiger partial charge in [0, 0.05) is 9.49 Å². The number of Topliss-reactive ketones (excluding diaryl/α,β-unsaturated/α-hetero) is 4. The molecule has 0 radical (unpaired) electrons. The molecule has 4 N–H and O–H groups in total. The molecule has 1 aromatic rings. The third-order valence-electron chi connectivity index (χ3n) is 9.58. The fourth-order valence-corrected chi connectivity index (χ4v) is 8.64. The Labute approximate surface area is 250 Å². The van der Waals surface area contributed by atoms with E-state index in [9.17, 15) is 39.0 Å². The van der Waals surface area contributed by atoms with Crippen molar-refractivity contribution in [3.05, 3.63) is 26.8 Å². The van der Waals surface area contributed by atoms with E-state index in [4.69, 9.17) is 10.5 Å². The van der Waals surface area contributed by atoms with Crippen LogP contribution in [-0.4, -0.2) is 82.0 Å². The summed E-state index contributed by atoms with van der Waals surface area (Å²) in [5.74, 6) is -14.2. The second-order valence-corrected chi connectivity index (χ2v) is 13.1. The number of carbonyl (C=O) groups excluding carboxylic acids is 6. The minimum atomic E-state index is -3.02. The molecule has 11 nitrogen and oxygen atoms in total. The van der Waals surface area contributed by atoms with E-state index in [2.05, 4.69) is 0 Å². The number of hydrogen-bond donors (Lipinski definition) is 3. The van der Waals surface area contributed by atoms with Gasteiger partial charge in [-0.15, -0.1) is 0 Å². The molecule has 3 fully saturated rings. The molecular weight excluding hydrogens is 647 g/mol. The van der Waals surface area contributed by atoms with Crippen molar-refractivity contribution in [2.24, 2.45) is 35.3 Å². The van der Waals surface area contributed by atoms with Crippen LogP contribution in [0.2, 0.25) is 0 Å². The molecule has 6 unspecified atom stereocenters. The summed E-state index contributed by atoms with van der Waals surface area (Å²) in [6.45, 7) is 1.73. The zero-order valence-corrected chi connectivity index (χ0v) is 25.1. The third-order valence-corrected chi connectivity index (χ3v) is 10.5. The second-order valence-electron chi connectivity index (χ2n) is 12.0. The number of amides is 1. The van der Waals surface area contributed by atoms with Gasteiger partial charge in [0.1, 0.15) is 11.9 Å². The summed E-state index contributed by atoms with van der Waals surface area (Å²) >= 11 is 2.02. The van der Waals surface area contributed by atoms with Gasteiger partial charge < -0.3 is 20.7 Å². The van der Waals surface area contributed by atoms with E-state index in [0.29, 0.717) is 22.0 Å². The summed E-state index contributed by atoms with van der Waals surface area (Å²) in [6, 6.07) is 1.54. The van der Waals surface area contributed by atoms with Crippen LogP contribution in [0.25, 0.3) is 0 Å². The highest BCUT2D eigenvalue weighted by Gasteiger charge is 2.74. The largest absolute Gasteiger partial charge is 0.507 e. The van der Waals surface area contributed by atoms with Gasteiger partial charge in [-0.3, -0.25) is 33.7 Å². The van der Waals surface area contributed by atoms with Crippen LogP contribution >= 0.6 is 22.6 Å². The minimum Gasteiger partial charge on any atom is -0.507 e. The molecular formula is C29H33IN2O9. The molecule has 12 heteroatoms. The number of fused-ring (bicyclic) bond motifs is 3. The van der Waals surface area contributed by atoms with Gasteiger partial charge in [0.05, 0.1) is 29.4 Å². The molecule has 1 amide bonds. The molecule has 4 aliphatic rings. The standard InChI is InChI=1S/C29H33IN2O9/c1-11-15-13(30)9-10-14(33)17(15)22(34)18-16(11)24(41-28(39)12-7-5-4-6-8-12)20-21(32(2)3)23(35)19(27(31)38)26(37)29(20,40)25(18)36/h9-12,16,18-21,24,33,40H,4-8H2,1-3H3,(H2,31,38)/t11?,16?,18?,19?,20?,21-,24?,29-/m0/s1. The van der Waals surface area contributed by atoms with Crippen molar-refractivity contribution in [1.29, 1.82) is 0 Å². The van der Waals surface area contributed by atoms with Crippen LogP contribution in [0.3, 0.4) is 0 Å². The first-order valence-electron chi connectivity index (χ1n) is 13.8. The Hall–Kier alpha value is -2.71. The number of halogens is 1. The molecule has 8 atom stereocenters. The lowest BCUT2D eigenvalue weighted by molar-refractivity contribution is -0.207. The molecule has 0 bridgehead atoms. The number of aromatic hydroxyl groups is 1. The molecule has 0 saturated heterocycles. The number of aliphatic hydroxyl groups is 1. The second kappa shape index (κ2) is 10.5. The maximum Gasteiger partial charge on any atom is 0.309 e. The van der Waals surface area contributed by atoms with Gasteiger partial charge >= 0.3 is 5.97 Å². The number of nitrogens with two attached hydrogens (primary N) is 1. The van der Waals surface area contributed by atoms with Gasteiger partial charge in [0.2, 0.25) is 5.91 Å². The number of phenols is 1. The molecule has 0 heterocycles. The predicted octanol–water partition coefficient (Wildman–Crippen LogP) is 1.13. The first kappa shape index (κ1) is 29.8. The van der Waals surface area contributed by atoms with Crippen molar-refractivity contribution >= 4 is 57.6 Å². The van der Waals surface area contributed by atoms with Crippen molar-refractivity contribution in [2.75, 3.05) is 14.1 Å². The van der Waals surface area contributed by atoms with E-state index >= 15 is 0 Å². The zero-order chi connectivity index (χ0) is 30.1. The van der Waals surface area contributed by atoms with Crippen LogP contribution in [0.1, 0.15) is 60.9 Å². The number of ketones is 4. The first-order chi connectivity index (χ1) is 19.2. The highest BCUT2D eigenvalue weighted by molar-refractivity contribution is 14.1. The highest BCUT2D eigenvalue weighted by Crippen LogP contribution is 2.56. The van der Waals surface area contributed by atoms with Crippen molar-refractivity contribution in [1.82, 2.24) is 4.90 Å². The van der Waals surface area contributed by atoms with Crippen molar-refractivity contribution in [3.8, 4) is 5.75 Å². The molecule has 3 saturated carbocycles. The van der Waals surface area contributed by atoms with Crippen LogP contribution in [0.4, 0.5) is 0 Å².